The number of likely N-dealkylation sites (N-methyl/N-ethyl adjacent to an activating group) is 1. The second kappa shape index (κ2) is 5.24. The number of amides is 2. The van der Waals surface area contributed by atoms with Gasteiger partial charge in [-0.05, 0) is 17.7 Å². The average Bonchev–Trinajstić information content (AvgIpc) is 2.63. The van der Waals surface area contributed by atoms with E-state index >= 15 is 0 Å². The summed E-state index contributed by atoms with van der Waals surface area (Å²) in [4.78, 5) is 24.0. The van der Waals surface area contributed by atoms with Gasteiger partial charge >= 0.3 is 6.18 Å². The summed E-state index contributed by atoms with van der Waals surface area (Å²) in [6.45, 7) is 0.232. The predicted molar refractivity (Wildman–Crippen MR) is 64.5 cm³/mol. The van der Waals surface area contributed by atoms with Gasteiger partial charge in [0.15, 0.2) is 0 Å². The summed E-state index contributed by atoms with van der Waals surface area (Å²) in [5.74, 6) is -0.582. The lowest BCUT2D eigenvalue weighted by atomic mass is 10.1. The smallest absolute Gasteiger partial charge is 0.301 e. The van der Waals surface area contributed by atoms with Crippen LogP contribution in [0.15, 0.2) is 24.3 Å². The van der Waals surface area contributed by atoms with Crippen LogP contribution in [-0.4, -0.2) is 29.8 Å². The number of hydrogen-bond donors (Lipinski definition) is 1. The normalized spacial score (nSPS) is 19.8. The number of rotatable bonds is 3. The molecule has 1 unspecified atom stereocenters. The minimum atomic E-state index is -4.36. The molecule has 1 aromatic rings. The fourth-order valence-corrected chi connectivity index (χ4v) is 1.97. The maximum Gasteiger partial charge on any atom is 0.416 e. The van der Waals surface area contributed by atoms with Crippen LogP contribution in [0, 0.1) is 0 Å². The first-order valence-corrected chi connectivity index (χ1v) is 5.99. The molecule has 1 N–H and O–H groups in total. The van der Waals surface area contributed by atoms with Gasteiger partial charge in [-0.1, -0.05) is 12.1 Å². The minimum Gasteiger partial charge on any atom is -0.301 e. The number of halogens is 3. The molecule has 1 heterocycles. The molecule has 1 aliphatic rings. The molecule has 2 amide bonds. The van der Waals surface area contributed by atoms with E-state index < -0.39 is 17.8 Å². The van der Waals surface area contributed by atoms with E-state index in [1.165, 1.54) is 19.2 Å². The number of nitrogens with zero attached hydrogens (tertiary/aromatic N) is 1. The van der Waals surface area contributed by atoms with Crippen LogP contribution in [0.3, 0.4) is 0 Å². The highest BCUT2D eigenvalue weighted by atomic mass is 19.4. The molecule has 4 nitrogen and oxygen atoms in total. The maximum atomic E-state index is 12.4. The van der Waals surface area contributed by atoms with Gasteiger partial charge in [0.25, 0.3) is 0 Å². The average molecular weight is 286 g/mol. The number of alkyl halides is 3. The molecule has 0 saturated carbocycles. The third-order valence-corrected chi connectivity index (χ3v) is 3.22. The van der Waals surface area contributed by atoms with Crippen molar-refractivity contribution in [3.05, 3.63) is 35.4 Å². The minimum absolute atomic E-state index is 0.0793. The number of imide groups is 1. The first-order valence-electron chi connectivity index (χ1n) is 5.99. The summed E-state index contributed by atoms with van der Waals surface area (Å²) in [7, 11) is 1.41. The van der Waals surface area contributed by atoms with E-state index in [2.05, 4.69) is 5.32 Å². The SMILES string of the molecule is CN1C(=O)CC(NCc2ccc(C(F)(F)F)cc2)C1=O. The van der Waals surface area contributed by atoms with Gasteiger partial charge in [0.05, 0.1) is 18.0 Å². The Morgan fingerprint density at radius 1 is 1.25 bits per heavy atom. The molecule has 7 heteroatoms. The van der Waals surface area contributed by atoms with E-state index in [1.807, 2.05) is 0 Å². The van der Waals surface area contributed by atoms with Gasteiger partial charge in [-0.15, -0.1) is 0 Å². The molecule has 108 valence electrons. The van der Waals surface area contributed by atoms with E-state index in [0.717, 1.165) is 17.0 Å². The fourth-order valence-electron chi connectivity index (χ4n) is 1.97. The van der Waals surface area contributed by atoms with Gasteiger partial charge in [-0.2, -0.15) is 13.2 Å². The van der Waals surface area contributed by atoms with E-state index in [0.29, 0.717) is 5.56 Å². The molecule has 0 spiro atoms. The van der Waals surface area contributed by atoms with E-state index in [-0.39, 0.29) is 24.8 Å². The second-order valence-electron chi connectivity index (χ2n) is 4.62. The van der Waals surface area contributed by atoms with E-state index in [4.69, 9.17) is 0 Å². The molecular weight excluding hydrogens is 273 g/mol. The predicted octanol–water partition coefficient (Wildman–Crippen LogP) is 1.55. The summed E-state index contributed by atoms with van der Waals surface area (Å²) in [5.41, 5.74) is -0.0964. The standard InChI is InChI=1S/C13H13F3N2O2/c1-18-11(19)6-10(12(18)20)17-7-8-2-4-9(5-3-8)13(14,15)16/h2-5,10,17H,6-7H2,1H3. The number of nitrogens with one attached hydrogen (secondary N) is 1. The molecule has 0 aliphatic carbocycles. The zero-order valence-electron chi connectivity index (χ0n) is 10.7. The number of benzene rings is 1. The van der Waals surface area contributed by atoms with Crippen LogP contribution in [0.25, 0.3) is 0 Å². The summed E-state index contributed by atoms with van der Waals surface area (Å²) < 4.78 is 37.2. The monoisotopic (exact) mass is 286 g/mol. The van der Waals surface area contributed by atoms with Crippen molar-refractivity contribution >= 4 is 11.8 Å². The molecule has 1 saturated heterocycles. The van der Waals surface area contributed by atoms with Crippen molar-refractivity contribution in [1.82, 2.24) is 10.2 Å². The number of hydrogen-bond acceptors (Lipinski definition) is 3. The fraction of sp³-hybridized carbons (Fsp3) is 0.385. The lowest BCUT2D eigenvalue weighted by molar-refractivity contribution is -0.138. The Hall–Kier alpha value is -1.89. The van der Waals surface area contributed by atoms with Gasteiger partial charge in [-0.3, -0.25) is 14.5 Å². The molecule has 0 radical (unpaired) electrons. The summed E-state index contributed by atoms with van der Waals surface area (Å²) in [6.07, 6.45) is -4.28. The Balaban J connectivity index is 1.95. The van der Waals surface area contributed by atoms with Crippen LogP contribution in [0.2, 0.25) is 0 Å². The van der Waals surface area contributed by atoms with Crippen LogP contribution in [0.4, 0.5) is 13.2 Å². The summed E-state index contributed by atoms with van der Waals surface area (Å²) in [5, 5.41) is 2.87. The van der Waals surface area contributed by atoms with Gasteiger partial charge < -0.3 is 5.32 Å². The Morgan fingerprint density at radius 3 is 2.30 bits per heavy atom. The summed E-state index contributed by atoms with van der Waals surface area (Å²) >= 11 is 0. The first kappa shape index (κ1) is 14.5. The maximum absolute atomic E-state index is 12.4. The zero-order valence-corrected chi connectivity index (χ0v) is 10.7. The first-order chi connectivity index (χ1) is 9.29. The zero-order chi connectivity index (χ0) is 14.9. The van der Waals surface area contributed by atoms with Crippen molar-refractivity contribution in [3.63, 3.8) is 0 Å². The van der Waals surface area contributed by atoms with Crippen molar-refractivity contribution in [2.24, 2.45) is 0 Å². The third-order valence-electron chi connectivity index (χ3n) is 3.22. The van der Waals surface area contributed by atoms with Crippen molar-refractivity contribution in [3.8, 4) is 0 Å². The van der Waals surface area contributed by atoms with Crippen molar-refractivity contribution in [1.29, 1.82) is 0 Å². The molecule has 0 bridgehead atoms. The Labute approximate surface area is 113 Å². The van der Waals surface area contributed by atoms with Crippen molar-refractivity contribution < 1.29 is 22.8 Å². The van der Waals surface area contributed by atoms with Gasteiger partial charge in [0.2, 0.25) is 11.8 Å². The molecule has 2 rings (SSSR count). The van der Waals surface area contributed by atoms with Gasteiger partial charge in [-0.25, -0.2) is 0 Å². The molecule has 1 aromatic carbocycles. The molecule has 1 aliphatic heterocycles. The number of carbonyl (C=O) groups excluding carboxylic acids is 2. The molecule has 1 atom stereocenters. The highest BCUT2D eigenvalue weighted by Gasteiger charge is 2.35. The topological polar surface area (TPSA) is 49.4 Å². The third kappa shape index (κ3) is 2.98. The van der Waals surface area contributed by atoms with E-state index in [9.17, 15) is 22.8 Å². The largest absolute Gasteiger partial charge is 0.416 e. The Morgan fingerprint density at radius 2 is 1.85 bits per heavy atom. The molecule has 0 aromatic heterocycles. The molecular formula is C13H13F3N2O2. The number of carbonyl (C=O) groups is 2. The van der Waals surface area contributed by atoms with Crippen LogP contribution >= 0.6 is 0 Å². The molecule has 1 fully saturated rings. The summed E-state index contributed by atoms with van der Waals surface area (Å²) in [6, 6.07) is 4.08. The van der Waals surface area contributed by atoms with E-state index in [1.54, 1.807) is 0 Å². The van der Waals surface area contributed by atoms with Crippen LogP contribution < -0.4 is 5.32 Å². The number of likely N-dealkylation sites (tertiary alicyclic amines) is 1. The van der Waals surface area contributed by atoms with Gasteiger partial charge in [0.1, 0.15) is 0 Å². The van der Waals surface area contributed by atoms with Crippen molar-refractivity contribution in [2.75, 3.05) is 7.05 Å². The quantitative estimate of drug-likeness (QED) is 0.858. The van der Waals surface area contributed by atoms with Crippen LogP contribution in [0.1, 0.15) is 17.5 Å². The van der Waals surface area contributed by atoms with Crippen LogP contribution in [0.5, 0.6) is 0 Å². The Bertz CT molecular complexity index is 525. The van der Waals surface area contributed by atoms with Gasteiger partial charge in [0, 0.05) is 13.6 Å². The molecule has 20 heavy (non-hydrogen) atoms. The lowest BCUT2D eigenvalue weighted by Crippen LogP contribution is -2.36. The van der Waals surface area contributed by atoms with Crippen molar-refractivity contribution in [2.45, 2.75) is 25.2 Å². The highest BCUT2D eigenvalue weighted by molar-refractivity contribution is 6.05. The lowest BCUT2D eigenvalue weighted by Gasteiger charge is -2.12. The highest BCUT2D eigenvalue weighted by Crippen LogP contribution is 2.29. The Kier molecular flexibility index (Phi) is 3.80. The van der Waals surface area contributed by atoms with Crippen LogP contribution in [-0.2, 0) is 22.3 Å². The second-order valence-corrected chi connectivity index (χ2v) is 4.62.